The van der Waals surface area contributed by atoms with Crippen LogP contribution in [0.1, 0.15) is 21.7 Å². The van der Waals surface area contributed by atoms with E-state index in [1.807, 2.05) is 66.2 Å². The van der Waals surface area contributed by atoms with E-state index in [9.17, 15) is 4.79 Å². The predicted octanol–water partition coefficient (Wildman–Crippen LogP) is 3.87. The van der Waals surface area contributed by atoms with E-state index in [0.29, 0.717) is 23.6 Å². The predicted molar refractivity (Wildman–Crippen MR) is 103 cm³/mol. The van der Waals surface area contributed by atoms with Crippen LogP contribution >= 0.6 is 0 Å². The molecule has 1 aromatic carbocycles. The van der Waals surface area contributed by atoms with Crippen LogP contribution in [0.5, 0.6) is 5.75 Å². The molecule has 134 valence electrons. The summed E-state index contributed by atoms with van der Waals surface area (Å²) in [5, 5.41) is 2.86. The first-order valence-corrected chi connectivity index (χ1v) is 8.57. The lowest BCUT2D eigenvalue weighted by atomic mass is 10.2. The van der Waals surface area contributed by atoms with Crippen LogP contribution in [0, 0.1) is 6.92 Å². The molecule has 4 aromatic rings. The largest absolute Gasteiger partial charge is 0.487 e. The quantitative estimate of drug-likeness (QED) is 0.588. The Hall–Kier alpha value is -3.67. The molecule has 0 radical (unpaired) electrons. The van der Waals surface area contributed by atoms with Crippen LogP contribution in [-0.2, 0) is 6.61 Å². The number of fused-ring (bicyclic) bond motifs is 1. The van der Waals surface area contributed by atoms with Crippen molar-refractivity contribution >= 4 is 17.2 Å². The molecule has 0 spiro atoms. The van der Waals surface area contributed by atoms with Gasteiger partial charge < -0.3 is 14.5 Å². The van der Waals surface area contributed by atoms with Gasteiger partial charge in [0.05, 0.1) is 11.3 Å². The first-order chi connectivity index (χ1) is 13.2. The van der Waals surface area contributed by atoms with Gasteiger partial charge >= 0.3 is 0 Å². The number of imidazole rings is 1. The third-order valence-corrected chi connectivity index (χ3v) is 4.07. The van der Waals surface area contributed by atoms with Gasteiger partial charge in [-0.25, -0.2) is 4.98 Å². The minimum atomic E-state index is -0.208. The number of carbonyl (C=O) groups is 1. The highest BCUT2D eigenvalue weighted by Crippen LogP contribution is 2.19. The SMILES string of the molecule is Cc1ccc(C(=O)Nc2cccc(OCc3cn4ccccc4n3)c2)cn1. The summed E-state index contributed by atoms with van der Waals surface area (Å²) in [7, 11) is 0. The lowest BCUT2D eigenvalue weighted by Crippen LogP contribution is -2.12. The highest BCUT2D eigenvalue weighted by atomic mass is 16.5. The van der Waals surface area contributed by atoms with Gasteiger partial charge in [-0.15, -0.1) is 0 Å². The average Bonchev–Trinajstić information content (AvgIpc) is 3.10. The molecule has 1 N–H and O–H groups in total. The average molecular weight is 358 g/mol. The van der Waals surface area contributed by atoms with E-state index in [2.05, 4.69) is 15.3 Å². The number of aryl methyl sites for hydroxylation is 1. The zero-order chi connectivity index (χ0) is 18.6. The fourth-order valence-corrected chi connectivity index (χ4v) is 2.68. The lowest BCUT2D eigenvalue weighted by molar-refractivity contribution is 0.102. The third-order valence-electron chi connectivity index (χ3n) is 4.07. The summed E-state index contributed by atoms with van der Waals surface area (Å²) >= 11 is 0. The van der Waals surface area contributed by atoms with Crippen molar-refractivity contribution in [3.63, 3.8) is 0 Å². The van der Waals surface area contributed by atoms with E-state index < -0.39 is 0 Å². The van der Waals surface area contributed by atoms with Crippen LogP contribution in [0.25, 0.3) is 5.65 Å². The number of nitrogens with zero attached hydrogens (tertiary/aromatic N) is 3. The Kier molecular flexibility index (Phi) is 4.53. The Morgan fingerprint density at radius 2 is 2.07 bits per heavy atom. The molecule has 0 unspecified atom stereocenters. The Morgan fingerprint density at radius 1 is 1.15 bits per heavy atom. The van der Waals surface area contributed by atoms with Gasteiger partial charge in [-0.2, -0.15) is 0 Å². The van der Waals surface area contributed by atoms with Crippen molar-refractivity contribution in [1.29, 1.82) is 0 Å². The minimum Gasteiger partial charge on any atom is -0.487 e. The minimum absolute atomic E-state index is 0.208. The molecule has 1 amide bonds. The number of anilines is 1. The molecule has 27 heavy (non-hydrogen) atoms. The van der Waals surface area contributed by atoms with Gasteiger partial charge in [0.15, 0.2) is 0 Å². The molecule has 0 saturated heterocycles. The molecule has 3 aromatic heterocycles. The zero-order valence-electron chi connectivity index (χ0n) is 14.8. The molecular formula is C21H18N4O2. The van der Waals surface area contributed by atoms with Gasteiger partial charge in [0.2, 0.25) is 0 Å². The van der Waals surface area contributed by atoms with Gasteiger partial charge in [0.25, 0.3) is 5.91 Å². The molecule has 6 heteroatoms. The smallest absolute Gasteiger partial charge is 0.257 e. The van der Waals surface area contributed by atoms with Crippen LogP contribution in [0.2, 0.25) is 0 Å². The number of aromatic nitrogens is 3. The number of amides is 1. The van der Waals surface area contributed by atoms with Crippen molar-refractivity contribution in [2.24, 2.45) is 0 Å². The lowest BCUT2D eigenvalue weighted by Gasteiger charge is -2.08. The van der Waals surface area contributed by atoms with Crippen molar-refractivity contribution in [2.45, 2.75) is 13.5 Å². The van der Waals surface area contributed by atoms with E-state index in [1.165, 1.54) is 0 Å². The Morgan fingerprint density at radius 3 is 2.89 bits per heavy atom. The zero-order valence-corrected chi connectivity index (χ0v) is 14.8. The second-order valence-corrected chi connectivity index (χ2v) is 6.16. The Labute approximate surface area is 156 Å². The van der Waals surface area contributed by atoms with Crippen LogP contribution in [0.4, 0.5) is 5.69 Å². The molecule has 0 fully saturated rings. The maximum absolute atomic E-state index is 12.3. The molecule has 4 rings (SSSR count). The van der Waals surface area contributed by atoms with Crippen molar-refractivity contribution in [2.75, 3.05) is 5.32 Å². The first kappa shape index (κ1) is 16.8. The highest BCUT2D eigenvalue weighted by Gasteiger charge is 2.08. The highest BCUT2D eigenvalue weighted by molar-refractivity contribution is 6.04. The van der Waals surface area contributed by atoms with E-state index >= 15 is 0 Å². The van der Waals surface area contributed by atoms with Gasteiger partial charge in [-0.05, 0) is 43.3 Å². The van der Waals surface area contributed by atoms with Crippen LogP contribution in [-0.4, -0.2) is 20.3 Å². The summed E-state index contributed by atoms with van der Waals surface area (Å²) in [6, 6.07) is 16.7. The van der Waals surface area contributed by atoms with E-state index in [4.69, 9.17) is 4.74 Å². The maximum atomic E-state index is 12.3. The molecule has 0 aliphatic carbocycles. The maximum Gasteiger partial charge on any atom is 0.257 e. The number of benzene rings is 1. The second-order valence-electron chi connectivity index (χ2n) is 6.16. The molecule has 0 bridgehead atoms. The van der Waals surface area contributed by atoms with Crippen molar-refractivity contribution in [1.82, 2.24) is 14.4 Å². The molecule has 0 aliphatic heterocycles. The molecule has 0 atom stereocenters. The van der Waals surface area contributed by atoms with Gasteiger partial charge in [-0.1, -0.05) is 12.1 Å². The number of ether oxygens (including phenoxy) is 1. The van der Waals surface area contributed by atoms with Crippen molar-refractivity contribution in [3.05, 3.63) is 90.1 Å². The molecule has 0 aliphatic rings. The standard InChI is InChI=1S/C21H18N4O2/c1-15-8-9-16(12-22-15)21(26)24-17-5-4-6-19(11-17)27-14-18-13-25-10-3-2-7-20(25)23-18/h2-13H,14H2,1H3,(H,24,26). The topological polar surface area (TPSA) is 68.5 Å². The summed E-state index contributed by atoms with van der Waals surface area (Å²) in [6.45, 7) is 2.23. The van der Waals surface area contributed by atoms with Crippen molar-refractivity contribution in [3.8, 4) is 5.75 Å². The van der Waals surface area contributed by atoms with E-state index in [-0.39, 0.29) is 5.91 Å². The summed E-state index contributed by atoms with van der Waals surface area (Å²) in [6.07, 6.45) is 5.45. The number of rotatable bonds is 5. The number of carbonyl (C=O) groups excluding carboxylic acids is 1. The Bertz CT molecular complexity index is 1050. The number of hydrogen-bond donors (Lipinski definition) is 1. The fraction of sp³-hybridized carbons (Fsp3) is 0.0952. The number of nitrogens with one attached hydrogen (secondary N) is 1. The van der Waals surface area contributed by atoms with Gasteiger partial charge in [0.1, 0.15) is 18.0 Å². The summed E-state index contributed by atoms with van der Waals surface area (Å²) in [5.74, 6) is 0.451. The summed E-state index contributed by atoms with van der Waals surface area (Å²) < 4.78 is 7.78. The first-order valence-electron chi connectivity index (χ1n) is 8.57. The van der Waals surface area contributed by atoms with Crippen LogP contribution in [0.3, 0.4) is 0 Å². The summed E-state index contributed by atoms with van der Waals surface area (Å²) in [4.78, 5) is 21.0. The molecule has 3 heterocycles. The van der Waals surface area contributed by atoms with Gasteiger partial charge in [-0.3, -0.25) is 9.78 Å². The van der Waals surface area contributed by atoms with Crippen LogP contribution < -0.4 is 10.1 Å². The number of pyridine rings is 2. The monoisotopic (exact) mass is 358 g/mol. The fourth-order valence-electron chi connectivity index (χ4n) is 2.68. The molecule has 6 nitrogen and oxygen atoms in total. The van der Waals surface area contributed by atoms with Crippen molar-refractivity contribution < 1.29 is 9.53 Å². The third kappa shape index (κ3) is 3.95. The second kappa shape index (κ2) is 7.29. The Balaban J connectivity index is 1.42. The molecule has 0 saturated carbocycles. The normalized spacial score (nSPS) is 10.7. The number of hydrogen-bond acceptors (Lipinski definition) is 4. The van der Waals surface area contributed by atoms with E-state index in [1.54, 1.807) is 18.3 Å². The summed E-state index contributed by atoms with van der Waals surface area (Å²) in [5.41, 5.74) is 3.75. The van der Waals surface area contributed by atoms with Crippen LogP contribution in [0.15, 0.2) is 73.2 Å². The van der Waals surface area contributed by atoms with E-state index in [0.717, 1.165) is 17.0 Å². The van der Waals surface area contributed by atoms with Gasteiger partial charge in [0, 0.05) is 36.0 Å². The molecular weight excluding hydrogens is 340 g/mol.